The van der Waals surface area contributed by atoms with Crippen molar-refractivity contribution in [3.05, 3.63) is 12.2 Å². The van der Waals surface area contributed by atoms with Gasteiger partial charge in [-0.05, 0) is 26.2 Å². The Balaban J connectivity index is 2.17. The van der Waals surface area contributed by atoms with Crippen molar-refractivity contribution in [2.24, 2.45) is 0 Å². The predicted octanol–water partition coefficient (Wildman–Crippen LogP) is 2.48. The van der Waals surface area contributed by atoms with E-state index in [4.69, 9.17) is 0 Å². The van der Waals surface area contributed by atoms with Crippen molar-refractivity contribution < 1.29 is 0 Å². The third-order valence-corrected chi connectivity index (χ3v) is 2.23. The highest BCUT2D eigenvalue weighted by Crippen LogP contribution is 2.12. The molecule has 0 spiro atoms. The van der Waals surface area contributed by atoms with Crippen LogP contribution in [0.2, 0.25) is 0 Å². The Morgan fingerprint density at radius 1 is 1.45 bits per heavy atom. The van der Waals surface area contributed by atoms with Crippen molar-refractivity contribution in [1.29, 1.82) is 0 Å². The largest absolute Gasteiger partial charge is 0.308 e. The molecule has 1 aliphatic rings. The third-order valence-electron chi connectivity index (χ3n) is 2.23. The van der Waals surface area contributed by atoms with E-state index in [2.05, 4.69) is 31.3 Å². The first-order valence-electron chi connectivity index (χ1n) is 4.75. The topological polar surface area (TPSA) is 12.0 Å². The van der Waals surface area contributed by atoms with E-state index in [1.807, 2.05) is 0 Å². The molecule has 1 heterocycles. The Kier molecular flexibility index (Phi) is 3.64. The lowest BCUT2D eigenvalue weighted by molar-refractivity contribution is 0.626. The number of hydrogen-bond acceptors (Lipinski definition) is 1. The van der Waals surface area contributed by atoms with Crippen LogP contribution in [0.5, 0.6) is 0 Å². The molecule has 1 N–H and O–H groups in total. The highest BCUT2D eigenvalue weighted by molar-refractivity contribution is 4.97. The first kappa shape index (κ1) is 8.79. The zero-order valence-corrected chi connectivity index (χ0v) is 7.64. The summed E-state index contributed by atoms with van der Waals surface area (Å²) in [5, 5.41) is 3.53. The van der Waals surface area contributed by atoms with Gasteiger partial charge in [-0.15, -0.1) is 0 Å². The summed E-state index contributed by atoms with van der Waals surface area (Å²) in [6, 6.07) is 1.39. The molecule has 0 aromatic heterocycles. The van der Waals surface area contributed by atoms with Crippen LogP contribution < -0.4 is 5.32 Å². The number of allylic oxidation sites excluding steroid dienone is 1. The zero-order valence-electron chi connectivity index (χ0n) is 7.64. The smallest absolute Gasteiger partial charge is 0.0253 e. The fourth-order valence-corrected chi connectivity index (χ4v) is 1.54. The average molecular weight is 153 g/mol. The van der Waals surface area contributed by atoms with E-state index in [9.17, 15) is 0 Å². The Labute approximate surface area is 69.9 Å². The minimum absolute atomic E-state index is 0.663. The normalized spacial score (nSPS) is 31.8. The maximum Gasteiger partial charge on any atom is 0.0253 e. The first-order chi connectivity index (χ1) is 5.33. The van der Waals surface area contributed by atoms with Crippen molar-refractivity contribution in [2.75, 3.05) is 0 Å². The van der Waals surface area contributed by atoms with Crippen LogP contribution in [0.4, 0.5) is 0 Å². The van der Waals surface area contributed by atoms with Gasteiger partial charge in [0.05, 0.1) is 0 Å². The molecule has 0 unspecified atom stereocenters. The van der Waals surface area contributed by atoms with Crippen LogP contribution >= 0.6 is 0 Å². The Morgan fingerprint density at radius 2 is 2.27 bits per heavy atom. The van der Waals surface area contributed by atoms with Crippen molar-refractivity contribution in [1.82, 2.24) is 5.32 Å². The first-order valence-corrected chi connectivity index (χ1v) is 4.75. The summed E-state index contributed by atoms with van der Waals surface area (Å²) in [6.45, 7) is 4.47. The number of unbranched alkanes of at least 4 members (excludes halogenated alkanes) is 1. The summed E-state index contributed by atoms with van der Waals surface area (Å²) in [6.07, 6.45) is 9.77. The van der Waals surface area contributed by atoms with Crippen LogP contribution in [0.25, 0.3) is 0 Å². The summed E-state index contributed by atoms with van der Waals surface area (Å²) in [7, 11) is 0. The molecule has 1 saturated heterocycles. The Hall–Kier alpha value is -0.300. The van der Waals surface area contributed by atoms with Crippen LogP contribution in [0.3, 0.4) is 0 Å². The molecule has 0 aromatic carbocycles. The van der Waals surface area contributed by atoms with E-state index < -0.39 is 0 Å². The standard InChI is InChI=1S/C10H19N/c1-3-4-5-6-10-8-7-9(2)11-10/h5-6,9-11H,3-4,7-8H2,1-2H3/b6-5-/t9-,10-/m1/s1. The minimum atomic E-state index is 0.663. The van der Waals surface area contributed by atoms with Gasteiger partial charge in [-0.25, -0.2) is 0 Å². The molecule has 0 radical (unpaired) electrons. The average Bonchev–Trinajstić information content (AvgIpc) is 2.37. The second kappa shape index (κ2) is 4.55. The molecule has 0 amide bonds. The van der Waals surface area contributed by atoms with Gasteiger partial charge in [0.15, 0.2) is 0 Å². The number of rotatable bonds is 3. The zero-order chi connectivity index (χ0) is 8.10. The summed E-state index contributed by atoms with van der Waals surface area (Å²) >= 11 is 0. The highest BCUT2D eigenvalue weighted by atomic mass is 15.0. The molecule has 1 heteroatoms. The molecule has 2 atom stereocenters. The van der Waals surface area contributed by atoms with Gasteiger partial charge < -0.3 is 5.32 Å². The van der Waals surface area contributed by atoms with Crippen LogP contribution in [0.1, 0.15) is 39.5 Å². The molecular formula is C10H19N. The molecule has 0 saturated carbocycles. The molecule has 0 aromatic rings. The number of hydrogen-bond donors (Lipinski definition) is 1. The molecule has 11 heavy (non-hydrogen) atoms. The van der Waals surface area contributed by atoms with E-state index in [0.29, 0.717) is 6.04 Å². The van der Waals surface area contributed by atoms with E-state index in [1.54, 1.807) is 0 Å². The van der Waals surface area contributed by atoms with E-state index in [1.165, 1.54) is 25.7 Å². The Bertz CT molecular complexity index is 129. The van der Waals surface area contributed by atoms with E-state index in [-0.39, 0.29) is 0 Å². The van der Waals surface area contributed by atoms with Crippen LogP contribution in [-0.2, 0) is 0 Å². The van der Waals surface area contributed by atoms with Gasteiger partial charge in [0.1, 0.15) is 0 Å². The lowest BCUT2D eigenvalue weighted by Crippen LogP contribution is -2.25. The van der Waals surface area contributed by atoms with Crippen molar-refractivity contribution in [3.8, 4) is 0 Å². The van der Waals surface area contributed by atoms with Crippen molar-refractivity contribution in [3.63, 3.8) is 0 Å². The molecule has 1 aliphatic heterocycles. The van der Waals surface area contributed by atoms with E-state index >= 15 is 0 Å². The summed E-state index contributed by atoms with van der Waals surface area (Å²) in [5.41, 5.74) is 0. The maximum absolute atomic E-state index is 3.53. The lowest BCUT2D eigenvalue weighted by atomic mass is 10.2. The fourth-order valence-electron chi connectivity index (χ4n) is 1.54. The SMILES string of the molecule is CCC/C=C\[C@@H]1CC[C@@H](C)N1. The van der Waals surface area contributed by atoms with Crippen LogP contribution in [0, 0.1) is 0 Å². The van der Waals surface area contributed by atoms with Gasteiger partial charge in [0.2, 0.25) is 0 Å². The van der Waals surface area contributed by atoms with Gasteiger partial charge in [-0.2, -0.15) is 0 Å². The van der Waals surface area contributed by atoms with Crippen molar-refractivity contribution >= 4 is 0 Å². The second-order valence-electron chi connectivity index (χ2n) is 3.47. The maximum atomic E-state index is 3.53. The van der Waals surface area contributed by atoms with E-state index in [0.717, 1.165) is 6.04 Å². The predicted molar refractivity (Wildman–Crippen MR) is 49.7 cm³/mol. The monoisotopic (exact) mass is 153 g/mol. The molecule has 0 bridgehead atoms. The Morgan fingerprint density at radius 3 is 2.82 bits per heavy atom. The molecule has 1 fully saturated rings. The van der Waals surface area contributed by atoms with Gasteiger partial charge in [0.25, 0.3) is 0 Å². The second-order valence-corrected chi connectivity index (χ2v) is 3.47. The van der Waals surface area contributed by atoms with Gasteiger partial charge >= 0.3 is 0 Å². The molecule has 64 valence electrons. The minimum Gasteiger partial charge on any atom is -0.308 e. The molecule has 0 aliphatic carbocycles. The lowest BCUT2D eigenvalue weighted by Gasteiger charge is -2.04. The van der Waals surface area contributed by atoms with Crippen LogP contribution in [-0.4, -0.2) is 12.1 Å². The molecule has 1 nitrogen and oxygen atoms in total. The van der Waals surface area contributed by atoms with Gasteiger partial charge in [-0.1, -0.05) is 25.5 Å². The van der Waals surface area contributed by atoms with Gasteiger partial charge in [-0.3, -0.25) is 0 Å². The summed E-state index contributed by atoms with van der Waals surface area (Å²) in [5.74, 6) is 0. The van der Waals surface area contributed by atoms with Gasteiger partial charge in [0, 0.05) is 12.1 Å². The quantitative estimate of drug-likeness (QED) is 0.614. The third kappa shape index (κ3) is 3.06. The molecular weight excluding hydrogens is 134 g/mol. The summed E-state index contributed by atoms with van der Waals surface area (Å²) in [4.78, 5) is 0. The summed E-state index contributed by atoms with van der Waals surface area (Å²) < 4.78 is 0. The molecule has 1 rings (SSSR count). The number of nitrogens with one attached hydrogen (secondary N) is 1. The fraction of sp³-hybridized carbons (Fsp3) is 0.800. The van der Waals surface area contributed by atoms with Crippen molar-refractivity contribution in [2.45, 2.75) is 51.6 Å². The van der Waals surface area contributed by atoms with Crippen LogP contribution in [0.15, 0.2) is 12.2 Å². The highest BCUT2D eigenvalue weighted by Gasteiger charge is 2.16.